The zero-order chi connectivity index (χ0) is 10.8. The van der Waals surface area contributed by atoms with E-state index in [-0.39, 0.29) is 6.42 Å². The molecule has 0 aliphatic carbocycles. The molecule has 0 aromatic rings. The molecule has 0 spiro atoms. The quantitative estimate of drug-likeness (QED) is 0.502. The Morgan fingerprint density at radius 1 is 1.29 bits per heavy atom. The number of carboxylic acid groups (broad SMARTS) is 1. The minimum atomic E-state index is -0.747. The molecule has 0 radical (unpaired) electrons. The first-order chi connectivity index (χ1) is 6.66. The van der Waals surface area contributed by atoms with Gasteiger partial charge in [0.1, 0.15) is 0 Å². The van der Waals surface area contributed by atoms with E-state index >= 15 is 0 Å². The van der Waals surface area contributed by atoms with Crippen molar-refractivity contribution in [3.63, 3.8) is 0 Å². The molecule has 0 aliphatic heterocycles. The molecule has 0 unspecified atom stereocenters. The minimum absolute atomic E-state index is 0.220. The summed E-state index contributed by atoms with van der Waals surface area (Å²) >= 11 is 4.98. The number of unbranched alkanes of at least 4 members (excludes halogenated alkanes) is 2. The Kier molecular flexibility index (Phi) is 8.53. The summed E-state index contributed by atoms with van der Waals surface area (Å²) < 4.78 is 5.27. The van der Waals surface area contributed by atoms with Gasteiger partial charge in [0.15, 0.2) is 5.05 Å². The molecule has 0 heterocycles. The highest BCUT2D eigenvalue weighted by atomic mass is 32.1. The number of hydrogen-bond donors (Lipinski definition) is 1. The molecular weight excluding hydrogens is 200 g/mol. The summed E-state index contributed by atoms with van der Waals surface area (Å²) in [7, 11) is 0. The Hall–Kier alpha value is -0.640. The van der Waals surface area contributed by atoms with Crippen molar-refractivity contribution in [3.8, 4) is 0 Å². The molecule has 0 saturated heterocycles. The van der Waals surface area contributed by atoms with Gasteiger partial charge in [0.05, 0.1) is 6.61 Å². The van der Waals surface area contributed by atoms with Gasteiger partial charge >= 0.3 is 5.97 Å². The lowest BCUT2D eigenvalue weighted by atomic mass is 10.2. The highest BCUT2D eigenvalue weighted by Crippen LogP contribution is 2.03. The van der Waals surface area contributed by atoms with Crippen molar-refractivity contribution in [2.45, 2.75) is 45.4 Å². The lowest BCUT2D eigenvalue weighted by molar-refractivity contribution is -0.137. The summed E-state index contributed by atoms with van der Waals surface area (Å²) in [4.78, 5) is 10.2. The molecule has 0 rings (SSSR count). The fraction of sp³-hybridized carbons (Fsp3) is 0.800. The molecule has 0 fully saturated rings. The van der Waals surface area contributed by atoms with Crippen LogP contribution in [0.2, 0.25) is 0 Å². The van der Waals surface area contributed by atoms with Gasteiger partial charge in [0, 0.05) is 12.8 Å². The molecule has 0 saturated carbocycles. The third-order valence-corrected chi connectivity index (χ3v) is 2.10. The smallest absolute Gasteiger partial charge is 0.303 e. The van der Waals surface area contributed by atoms with Crippen LogP contribution < -0.4 is 0 Å². The van der Waals surface area contributed by atoms with Gasteiger partial charge in [-0.3, -0.25) is 4.79 Å². The standard InChI is InChI=1S/C10H18O3S/c1-2-3-8-13-10(14)7-5-4-6-9(11)12/h2-8H2,1H3,(H,11,12). The van der Waals surface area contributed by atoms with Crippen molar-refractivity contribution in [1.29, 1.82) is 0 Å². The van der Waals surface area contributed by atoms with Crippen LogP contribution in [0.15, 0.2) is 0 Å². The van der Waals surface area contributed by atoms with Crippen LogP contribution >= 0.6 is 12.2 Å². The Labute approximate surface area is 90.5 Å². The largest absolute Gasteiger partial charge is 0.487 e. The molecular formula is C10H18O3S. The zero-order valence-corrected chi connectivity index (χ0v) is 9.44. The molecule has 0 amide bonds. The average Bonchev–Trinajstić information content (AvgIpc) is 2.13. The van der Waals surface area contributed by atoms with Crippen LogP contribution in [0, 0.1) is 0 Å². The average molecular weight is 218 g/mol. The van der Waals surface area contributed by atoms with Crippen LogP contribution in [0.25, 0.3) is 0 Å². The van der Waals surface area contributed by atoms with Gasteiger partial charge in [0.25, 0.3) is 0 Å². The first kappa shape index (κ1) is 13.4. The van der Waals surface area contributed by atoms with Gasteiger partial charge in [-0.1, -0.05) is 13.3 Å². The molecule has 14 heavy (non-hydrogen) atoms. The van der Waals surface area contributed by atoms with E-state index in [1.807, 2.05) is 0 Å². The van der Waals surface area contributed by atoms with E-state index in [4.69, 9.17) is 22.1 Å². The lowest BCUT2D eigenvalue weighted by Gasteiger charge is -2.05. The summed E-state index contributed by atoms with van der Waals surface area (Å²) in [6, 6.07) is 0. The maximum absolute atomic E-state index is 10.2. The zero-order valence-electron chi connectivity index (χ0n) is 8.62. The van der Waals surface area contributed by atoms with Gasteiger partial charge in [-0.15, -0.1) is 0 Å². The number of carbonyl (C=O) groups is 1. The van der Waals surface area contributed by atoms with Crippen LogP contribution in [-0.4, -0.2) is 22.7 Å². The summed E-state index contributed by atoms with van der Waals surface area (Å²) in [5.41, 5.74) is 0. The van der Waals surface area contributed by atoms with Gasteiger partial charge in [-0.25, -0.2) is 0 Å². The van der Waals surface area contributed by atoms with Crippen molar-refractivity contribution >= 4 is 23.2 Å². The number of ether oxygens (including phenoxy) is 1. The lowest BCUT2D eigenvalue weighted by Crippen LogP contribution is -2.03. The molecule has 0 aliphatic rings. The second-order valence-electron chi connectivity index (χ2n) is 3.17. The molecule has 0 aromatic heterocycles. The summed E-state index contributed by atoms with van der Waals surface area (Å²) in [5, 5.41) is 9.00. The van der Waals surface area contributed by atoms with E-state index in [1.165, 1.54) is 0 Å². The van der Waals surface area contributed by atoms with Gasteiger partial charge < -0.3 is 9.84 Å². The Morgan fingerprint density at radius 3 is 2.50 bits per heavy atom. The number of rotatable bonds is 8. The summed E-state index contributed by atoms with van der Waals surface area (Å²) in [6.45, 7) is 2.79. The van der Waals surface area contributed by atoms with Crippen molar-refractivity contribution in [2.75, 3.05) is 6.61 Å². The monoisotopic (exact) mass is 218 g/mol. The molecule has 0 bridgehead atoms. The normalized spacial score (nSPS) is 9.79. The predicted molar refractivity (Wildman–Crippen MR) is 59.6 cm³/mol. The predicted octanol–water partition coefficient (Wildman–Crippen LogP) is 2.78. The number of carboxylic acids is 1. The first-order valence-electron chi connectivity index (χ1n) is 5.04. The highest BCUT2D eigenvalue weighted by molar-refractivity contribution is 7.80. The second kappa shape index (κ2) is 8.94. The van der Waals surface area contributed by atoms with Crippen LogP contribution in [0.1, 0.15) is 45.4 Å². The highest BCUT2D eigenvalue weighted by Gasteiger charge is 2.00. The van der Waals surface area contributed by atoms with Crippen molar-refractivity contribution in [3.05, 3.63) is 0 Å². The minimum Gasteiger partial charge on any atom is -0.487 e. The van der Waals surface area contributed by atoms with Crippen LogP contribution in [0.5, 0.6) is 0 Å². The van der Waals surface area contributed by atoms with Gasteiger partial charge in [-0.2, -0.15) is 0 Å². The number of hydrogen-bond acceptors (Lipinski definition) is 3. The fourth-order valence-electron chi connectivity index (χ4n) is 0.948. The topological polar surface area (TPSA) is 46.5 Å². The maximum Gasteiger partial charge on any atom is 0.303 e. The van der Waals surface area contributed by atoms with E-state index in [1.54, 1.807) is 0 Å². The van der Waals surface area contributed by atoms with Gasteiger partial charge in [-0.05, 0) is 31.5 Å². The summed E-state index contributed by atoms with van der Waals surface area (Å²) in [5.74, 6) is -0.747. The van der Waals surface area contributed by atoms with E-state index in [2.05, 4.69) is 6.92 Å². The van der Waals surface area contributed by atoms with Crippen molar-refractivity contribution in [2.24, 2.45) is 0 Å². The first-order valence-corrected chi connectivity index (χ1v) is 5.45. The second-order valence-corrected chi connectivity index (χ2v) is 3.63. The Balaban J connectivity index is 3.22. The van der Waals surface area contributed by atoms with Gasteiger partial charge in [0.2, 0.25) is 0 Å². The van der Waals surface area contributed by atoms with Crippen molar-refractivity contribution in [1.82, 2.24) is 0 Å². The van der Waals surface area contributed by atoms with Crippen LogP contribution in [0.4, 0.5) is 0 Å². The maximum atomic E-state index is 10.2. The van der Waals surface area contributed by atoms with Crippen LogP contribution in [-0.2, 0) is 9.53 Å². The van der Waals surface area contributed by atoms with Crippen LogP contribution in [0.3, 0.4) is 0 Å². The number of thiocarbonyl (C=S) groups is 1. The SMILES string of the molecule is CCCCOC(=S)CCCCC(=O)O. The Morgan fingerprint density at radius 2 is 1.93 bits per heavy atom. The molecule has 82 valence electrons. The van der Waals surface area contributed by atoms with Crippen molar-refractivity contribution < 1.29 is 14.6 Å². The molecule has 0 atom stereocenters. The third-order valence-electron chi connectivity index (χ3n) is 1.78. The van der Waals surface area contributed by atoms with E-state index in [0.29, 0.717) is 24.5 Å². The molecule has 3 nitrogen and oxygen atoms in total. The third kappa shape index (κ3) is 9.45. The molecule has 1 N–H and O–H groups in total. The van der Waals surface area contributed by atoms with E-state index in [0.717, 1.165) is 19.3 Å². The fourth-order valence-corrected chi connectivity index (χ4v) is 1.18. The number of aliphatic carboxylic acids is 1. The van der Waals surface area contributed by atoms with E-state index in [9.17, 15) is 4.79 Å². The Bertz CT molecular complexity index is 180. The molecule has 0 aromatic carbocycles. The molecule has 4 heteroatoms. The van der Waals surface area contributed by atoms with E-state index < -0.39 is 5.97 Å². The summed E-state index contributed by atoms with van der Waals surface area (Å²) in [6.07, 6.45) is 4.52.